The van der Waals surface area contributed by atoms with E-state index in [1.807, 2.05) is 0 Å². The molecule has 0 radical (unpaired) electrons. The lowest BCUT2D eigenvalue weighted by atomic mass is 9.83. The number of amides is 3. The van der Waals surface area contributed by atoms with E-state index in [1.54, 1.807) is 18.2 Å². The highest BCUT2D eigenvalue weighted by molar-refractivity contribution is 5.97. The maximum absolute atomic E-state index is 12.9. The Morgan fingerprint density at radius 2 is 1.87 bits per heavy atom. The number of aromatic nitrogens is 1. The Kier molecular flexibility index (Phi) is 7.37. The molecule has 1 aromatic heterocycles. The van der Waals surface area contributed by atoms with Crippen LogP contribution < -0.4 is 10.6 Å². The zero-order valence-electron chi connectivity index (χ0n) is 16.9. The summed E-state index contributed by atoms with van der Waals surface area (Å²) in [6.45, 7) is 0.0828. The SMILES string of the molecule is O=C(NC(C(=O)NCC(=O)N1CCCC1C(=O)O)C1CCCCC1)c1ccccn1. The molecular formula is C21H28N4O5. The van der Waals surface area contributed by atoms with Crippen molar-refractivity contribution in [3.05, 3.63) is 30.1 Å². The minimum Gasteiger partial charge on any atom is -0.480 e. The van der Waals surface area contributed by atoms with Gasteiger partial charge in [0.15, 0.2) is 0 Å². The number of hydrogen-bond acceptors (Lipinski definition) is 5. The molecule has 0 spiro atoms. The number of carboxylic acids is 1. The van der Waals surface area contributed by atoms with E-state index in [0.717, 1.165) is 32.1 Å². The van der Waals surface area contributed by atoms with Gasteiger partial charge in [0.25, 0.3) is 5.91 Å². The van der Waals surface area contributed by atoms with Gasteiger partial charge >= 0.3 is 5.97 Å². The minimum atomic E-state index is -1.03. The molecule has 2 unspecified atom stereocenters. The minimum absolute atomic E-state index is 0.0138. The largest absolute Gasteiger partial charge is 0.480 e. The van der Waals surface area contributed by atoms with Gasteiger partial charge in [0.05, 0.1) is 6.54 Å². The van der Waals surface area contributed by atoms with E-state index >= 15 is 0 Å². The van der Waals surface area contributed by atoms with Crippen LogP contribution in [0.5, 0.6) is 0 Å². The van der Waals surface area contributed by atoms with E-state index in [2.05, 4.69) is 15.6 Å². The van der Waals surface area contributed by atoms with Crippen LogP contribution in [0.4, 0.5) is 0 Å². The number of pyridine rings is 1. The molecule has 162 valence electrons. The van der Waals surface area contributed by atoms with E-state index in [9.17, 15) is 24.3 Å². The predicted octanol–water partition coefficient (Wildman–Crippen LogP) is 0.952. The maximum Gasteiger partial charge on any atom is 0.326 e. The Bertz CT molecular complexity index is 779. The molecule has 1 saturated carbocycles. The van der Waals surface area contributed by atoms with Crippen LogP contribution in [-0.2, 0) is 14.4 Å². The van der Waals surface area contributed by atoms with E-state index in [0.29, 0.717) is 19.4 Å². The van der Waals surface area contributed by atoms with Crippen LogP contribution in [0.2, 0.25) is 0 Å². The van der Waals surface area contributed by atoms with Gasteiger partial charge < -0.3 is 20.6 Å². The van der Waals surface area contributed by atoms with Crippen LogP contribution in [0.15, 0.2) is 24.4 Å². The molecule has 0 bridgehead atoms. The molecule has 2 aliphatic rings. The summed E-state index contributed by atoms with van der Waals surface area (Å²) in [7, 11) is 0. The number of nitrogens with one attached hydrogen (secondary N) is 2. The van der Waals surface area contributed by atoms with Crippen molar-refractivity contribution in [1.29, 1.82) is 0 Å². The number of likely N-dealkylation sites (tertiary alicyclic amines) is 1. The first-order chi connectivity index (χ1) is 14.5. The van der Waals surface area contributed by atoms with Gasteiger partial charge in [0.1, 0.15) is 17.8 Å². The lowest BCUT2D eigenvalue weighted by molar-refractivity contribution is -0.148. The fourth-order valence-electron chi connectivity index (χ4n) is 4.27. The summed E-state index contributed by atoms with van der Waals surface area (Å²) in [6, 6.07) is 3.38. The van der Waals surface area contributed by atoms with Crippen molar-refractivity contribution in [2.75, 3.05) is 13.1 Å². The average molecular weight is 416 g/mol. The van der Waals surface area contributed by atoms with Gasteiger partial charge in [-0.2, -0.15) is 0 Å². The van der Waals surface area contributed by atoms with Crippen molar-refractivity contribution in [2.45, 2.75) is 57.0 Å². The van der Waals surface area contributed by atoms with Crippen molar-refractivity contribution in [3.8, 4) is 0 Å². The van der Waals surface area contributed by atoms with Gasteiger partial charge in [0, 0.05) is 12.7 Å². The highest BCUT2D eigenvalue weighted by atomic mass is 16.4. The van der Waals surface area contributed by atoms with Crippen LogP contribution in [0, 0.1) is 5.92 Å². The molecule has 3 N–H and O–H groups in total. The third-order valence-corrected chi connectivity index (χ3v) is 5.86. The van der Waals surface area contributed by atoms with Gasteiger partial charge in [-0.15, -0.1) is 0 Å². The third-order valence-electron chi connectivity index (χ3n) is 5.86. The number of aliphatic carboxylic acids is 1. The van der Waals surface area contributed by atoms with E-state index in [-0.39, 0.29) is 18.2 Å². The first kappa shape index (κ1) is 21.7. The van der Waals surface area contributed by atoms with Crippen LogP contribution in [0.3, 0.4) is 0 Å². The molecule has 3 rings (SSSR count). The Labute approximate surface area is 175 Å². The zero-order valence-corrected chi connectivity index (χ0v) is 16.9. The molecule has 0 aromatic carbocycles. The zero-order chi connectivity index (χ0) is 21.5. The van der Waals surface area contributed by atoms with Gasteiger partial charge in [-0.1, -0.05) is 25.3 Å². The highest BCUT2D eigenvalue weighted by Gasteiger charge is 2.35. The molecule has 1 aliphatic carbocycles. The molecule has 2 heterocycles. The molecular weight excluding hydrogens is 388 g/mol. The molecule has 1 aromatic rings. The molecule has 3 amide bonds. The molecule has 30 heavy (non-hydrogen) atoms. The van der Waals surface area contributed by atoms with Crippen molar-refractivity contribution in [2.24, 2.45) is 5.92 Å². The van der Waals surface area contributed by atoms with Gasteiger partial charge in [-0.05, 0) is 43.7 Å². The lowest BCUT2D eigenvalue weighted by Gasteiger charge is -2.30. The average Bonchev–Trinajstić information content (AvgIpc) is 3.27. The third kappa shape index (κ3) is 5.34. The second-order valence-electron chi connectivity index (χ2n) is 7.87. The molecule has 9 heteroatoms. The molecule has 2 atom stereocenters. The van der Waals surface area contributed by atoms with Gasteiger partial charge in [-0.3, -0.25) is 19.4 Å². The van der Waals surface area contributed by atoms with Crippen molar-refractivity contribution in [1.82, 2.24) is 20.5 Å². The normalized spacial score (nSPS) is 20.4. The smallest absolute Gasteiger partial charge is 0.326 e. The Balaban J connectivity index is 1.63. The van der Waals surface area contributed by atoms with Crippen LogP contribution in [0.25, 0.3) is 0 Å². The predicted molar refractivity (Wildman–Crippen MR) is 107 cm³/mol. The summed E-state index contributed by atoms with van der Waals surface area (Å²) >= 11 is 0. The topological polar surface area (TPSA) is 129 Å². The Morgan fingerprint density at radius 3 is 2.53 bits per heavy atom. The second-order valence-corrected chi connectivity index (χ2v) is 7.87. The van der Waals surface area contributed by atoms with Crippen LogP contribution >= 0.6 is 0 Å². The summed E-state index contributed by atoms with van der Waals surface area (Å²) in [5, 5.41) is 14.6. The van der Waals surface area contributed by atoms with E-state index in [1.165, 1.54) is 11.1 Å². The molecule has 9 nitrogen and oxygen atoms in total. The van der Waals surface area contributed by atoms with Crippen molar-refractivity contribution >= 4 is 23.7 Å². The molecule has 1 saturated heterocycles. The van der Waals surface area contributed by atoms with E-state index in [4.69, 9.17) is 0 Å². The summed E-state index contributed by atoms with van der Waals surface area (Å²) in [5.74, 6) is -2.33. The lowest BCUT2D eigenvalue weighted by Crippen LogP contribution is -2.53. The Morgan fingerprint density at radius 1 is 1.10 bits per heavy atom. The van der Waals surface area contributed by atoms with Crippen LogP contribution in [0.1, 0.15) is 55.4 Å². The number of carbonyl (C=O) groups excluding carboxylic acids is 3. The highest BCUT2D eigenvalue weighted by Crippen LogP contribution is 2.27. The monoisotopic (exact) mass is 416 g/mol. The number of rotatable bonds is 7. The summed E-state index contributed by atoms with van der Waals surface area (Å²) in [4.78, 5) is 54.6. The second kappa shape index (κ2) is 10.2. The standard InChI is InChI=1S/C21H28N4O5/c26-17(25-12-6-10-16(25)21(29)30)13-23-20(28)18(14-7-2-1-3-8-14)24-19(27)15-9-4-5-11-22-15/h4-5,9,11,14,16,18H,1-3,6-8,10,12-13H2,(H,23,28)(H,24,27)(H,29,30). The number of nitrogens with zero attached hydrogens (tertiary/aromatic N) is 2. The fourth-order valence-corrected chi connectivity index (χ4v) is 4.27. The van der Waals surface area contributed by atoms with Crippen molar-refractivity contribution < 1.29 is 24.3 Å². The van der Waals surface area contributed by atoms with Gasteiger partial charge in [-0.25, -0.2) is 4.79 Å². The van der Waals surface area contributed by atoms with E-state index < -0.39 is 35.8 Å². The Hall–Kier alpha value is -2.97. The number of hydrogen-bond donors (Lipinski definition) is 3. The summed E-state index contributed by atoms with van der Waals surface area (Å²) in [6.07, 6.45) is 7.27. The summed E-state index contributed by atoms with van der Waals surface area (Å²) < 4.78 is 0. The van der Waals surface area contributed by atoms with Crippen LogP contribution in [-0.4, -0.2) is 63.9 Å². The first-order valence-electron chi connectivity index (χ1n) is 10.5. The quantitative estimate of drug-likeness (QED) is 0.607. The maximum atomic E-state index is 12.9. The van der Waals surface area contributed by atoms with Crippen molar-refractivity contribution in [3.63, 3.8) is 0 Å². The number of carbonyl (C=O) groups is 4. The number of carboxylic acid groups (broad SMARTS) is 1. The summed E-state index contributed by atoms with van der Waals surface area (Å²) in [5.41, 5.74) is 0.226. The fraction of sp³-hybridized carbons (Fsp3) is 0.571. The molecule has 2 fully saturated rings. The molecule has 1 aliphatic heterocycles. The van der Waals surface area contributed by atoms with Gasteiger partial charge in [0.2, 0.25) is 11.8 Å². The first-order valence-corrected chi connectivity index (χ1v) is 10.5.